The topological polar surface area (TPSA) is 302 Å². The fourth-order valence-corrected chi connectivity index (χ4v) is 9.57. The summed E-state index contributed by atoms with van der Waals surface area (Å²) in [7, 11) is 1.74. The third-order valence-corrected chi connectivity index (χ3v) is 13.9. The standard InChI is InChI=1S/C53H69F4N11O12/c1-3-80-43-7-5-4-6-39(43)49-40(54)29-38(31-61-49)52(12-16-68(17-13-52)42-10-8-37(53(55,56)57)28-36(42)30-58)51(79)60-15-19-63(2)18-14-59-44(69)11-9-41(50(77)78)62-45(70)32-64-20-22-65(33-46(71)72)24-26-67(35-48(75)76)27-25-66(23-21-64)34-47(73)74/h4-8,10,28-29,31,41H,3,9,11-27,32-35H2,1-2H3,(H,59,69)(H,60,79)(H,62,70)(H,71,72)(H,73,74)(H,75,76)(H,77,78)/t41-/m1/s1. The number of nitriles is 1. The molecule has 1 atom stereocenters. The largest absolute Gasteiger partial charge is 0.493 e. The van der Waals surface area contributed by atoms with Crippen LogP contribution in [0.4, 0.5) is 23.2 Å². The highest BCUT2D eigenvalue weighted by atomic mass is 19.4. The van der Waals surface area contributed by atoms with Crippen LogP contribution < -0.4 is 25.6 Å². The molecule has 2 fully saturated rings. The molecule has 2 aromatic carbocycles. The lowest BCUT2D eigenvalue weighted by molar-refractivity contribution is -0.142. The van der Waals surface area contributed by atoms with Gasteiger partial charge in [0.05, 0.1) is 55.0 Å². The highest BCUT2D eigenvalue weighted by molar-refractivity contribution is 5.89. The van der Waals surface area contributed by atoms with E-state index < -0.39 is 70.6 Å². The van der Waals surface area contributed by atoms with Crippen LogP contribution in [0.1, 0.15) is 49.3 Å². The molecule has 3 aromatic rings. The quantitative estimate of drug-likeness (QED) is 0.0594. The maximum absolute atomic E-state index is 16.2. The summed E-state index contributed by atoms with van der Waals surface area (Å²) in [5.74, 6) is -6.70. The second-order valence-corrected chi connectivity index (χ2v) is 19.6. The van der Waals surface area contributed by atoms with Gasteiger partial charge in [0.2, 0.25) is 17.7 Å². The second kappa shape index (κ2) is 30.2. The van der Waals surface area contributed by atoms with Crippen LogP contribution in [-0.2, 0) is 45.2 Å². The molecular weight excluding hydrogens is 1060 g/mol. The number of aliphatic carboxylic acids is 4. The van der Waals surface area contributed by atoms with Crippen molar-refractivity contribution >= 4 is 47.3 Å². The number of nitrogens with zero attached hydrogens (tertiary/aromatic N) is 8. The minimum absolute atomic E-state index is 0.00393. The van der Waals surface area contributed by atoms with Gasteiger partial charge >= 0.3 is 30.1 Å². The maximum Gasteiger partial charge on any atom is 0.416 e. The van der Waals surface area contributed by atoms with Gasteiger partial charge in [-0.15, -0.1) is 0 Å². The van der Waals surface area contributed by atoms with Crippen molar-refractivity contribution in [2.24, 2.45) is 0 Å². The molecule has 3 amide bonds. The molecule has 3 heterocycles. The number of benzene rings is 2. The lowest BCUT2D eigenvalue weighted by Crippen LogP contribution is -2.53. The Morgan fingerprint density at radius 1 is 0.762 bits per heavy atom. The van der Waals surface area contributed by atoms with Crippen LogP contribution >= 0.6 is 0 Å². The number of aromatic nitrogens is 1. The van der Waals surface area contributed by atoms with E-state index in [0.29, 0.717) is 24.5 Å². The summed E-state index contributed by atoms with van der Waals surface area (Å²) in [5, 5.41) is 56.3. The number of halogens is 4. The molecule has 27 heteroatoms. The van der Waals surface area contributed by atoms with Gasteiger partial charge < -0.3 is 50.9 Å². The van der Waals surface area contributed by atoms with Gasteiger partial charge in [0.1, 0.15) is 29.4 Å². The molecule has 2 aliphatic heterocycles. The van der Waals surface area contributed by atoms with Gasteiger partial charge in [-0.2, -0.15) is 18.4 Å². The molecule has 0 unspecified atom stereocenters. The molecule has 23 nitrogen and oxygen atoms in total. The Kier molecular flexibility index (Phi) is 23.9. The SMILES string of the molecule is CCOc1ccccc1-c1ncc(C2(C(=O)NCCN(C)CCNC(=O)CC[C@@H](NC(=O)CN3CCN(CC(=O)O)CCN(CC(=O)O)CCN(CC(=O)O)CC3)C(=O)O)CCN(c3ccc(C(F)(F)F)cc3C#N)CC2)cc1F. The average Bonchev–Trinajstić information content (AvgIpc) is 3.57. The first-order valence-corrected chi connectivity index (χ1v) is 26.1. The van der Waals surface area contributed by atoms with Crippen LogP contribution in [0.15, 0.2) is 54.7 Å². The van der Waals surface area contributed by atoms with Crippen LogP contribution in [0.3, 0.4) is 0 Å². The summed E-state index contributed by atoms with van der Waals surface area (Å²) in [4.78, 5) is 102. The lowest BCUT2D eigenvalue weighted by atomic mass is 9.72. The van der Waals surface area contributed by atoms with Gasteiger partial charge in [-0.3, -0.25) is 53.4 Å². The number of para-hydroxylation sites is 1. The van der Waals surface area contributed by atoms with Crippen LogP contribution in [-0.4, -0.2) is 229 Å². The van der Waals surface area contributed by atoms with E-state index in [1.165, 1.54) is 18.3 Å². The van der Waals surface area contributed by atoms with Gasteiger partial charge in [-0.05, 0) is 75.2 Å². The van der Waals surface area contributed by atoms with E-state index in [4.69, 9.17) is 4.74 Å². The summed E-state index contributed by atoms with van der Waals surface area (Å²) in [6.07, 6.45) is -3.63. The lowest BCUT2D eigenvalue weighted by Gasteiger charge is -2.42. The monoisotopic (exact) mass is 1130 g/mol. The number of carboxylic acids is 4. The zero-order valence-corrected chi connectivity index (χ0v) is 44.7. The van der Waals surface area contributed by atoms with Crippen molar-refractivity contribution in [3.8, 4) is 23.1 Å². The first-order valence-electron chi connectivity index (χ1n) is 26.1. The predicted molar refractivity (Wildman–Crippen MR) is 281 cm³/mol. The van der Waals surface area contributed by atoms with Crippen molar-refractivity contribution in [3.63, 3.8) is 0 Å². The van der Waals surface area contributed by atoms with Crippen LogP contribution in [0.5, 0.6) is 5.75 Å². The third-order valence-electron chi connectivity index (χ3n) is 13.9. The van der Waals surface area contributed by atoms with Crippen molar-refractivity contribution in [1.29, 1.82) is 5.26 Å². The Hall–Kier alpha value is -7.51. The summed E-state index contributed by atoms with van der Waals surface area (Å²) < 4.78 is 62.4. The second-order valence-electron chi connectivity index (χ2n) is 19.6. The van der Waals surface area contributed by atoms with Crippen molar-refractivity contribution in [1.82, 2.24) is 45.4 Å². The van der Waals surface area contributed by atoms with Crippen molar-refractivity contribution in [2.75, 3.05) is 136 Å². The third kappa shape index (κ3) is 19.1. The number of carboxylic acid groups (broad SMARTS) is 4. The minimum Gasteiger partial charge on any atom is -0.493 e. The number of ether oxygens (including phenoxy) is 1. The zero-order chi connectivity index (χ0) is 58.6. The van der Waals surface area contributed by atoms with E-state index in [2.05, 4.69) is 20.9 Å². The number of alkyl halides is 3. The number of likely N-dealkylation sites (N-methyl/N-ethyl adjacent to an activating group) is 1. The predicted octanol–water partition coefficient (Wildman–Crippen LogP) is 1.70. The molecule has 0 saturated carbocycles. The van der Waals surface area contributed by atoms with Crippen molar-refractivity contribution in [3.05, 3.63) is 77.2 Å². The van der Waals surface area contributed by atoms with Crippen molar-refractivity contribution in [2.45, 2.75) is 50.2 Å². The Morgan fingerprint density at radius 2 is 1.30 bits per heavy atom. The number of nitrogens with one attached hydrogen (secondary N) is 3. The molecule has 7 N–H and O–H groups in total. The van der Waals surface area contributed by atoms with E-state index >= 15 is 4.39 Å². The molecule has 0 radical (unpaired) electrons. The Bertz CT molecular complexity index is 2660. The molecule has 0 bridgehead atoms. The van der Waals surface area contributed by atoms with E-state index in [0.717, 1.165) is 12.1 Å². The Labute approximate surface area is 460 Å². The number of carbonyl (C=O) groups excluding carboxylic acids is 3. The van der Waals surface area contributed by atoms with E-state index in [9.17, 15) is 72.4 Å². The highest BCUT2D eigenvalue weighted by Crippen LogP contribution is 2.41. The number of carbonyl (C=O) groups is 7. The molecular formula is C53H69F4N11O12. The number of rotatable bonds is 25. The molecule has 1 aromatic heterocycles. The van der Waals surface area contributed by atoms with E-state index in [1.54, 1.807) is 62.7 Å². The van der Waals surface area contributed by atoms with E-state index in [1.807, 2.05) is 11.0 Å². The first kappa shape index (κ1) is 63.3. The molecule has 0 aliphatic carbocycles. The number of pyridine rings is 1. The minimum atomic E-state index is -4.67. The van der Waals surface area contributed by atoms with Crippen LogP contribution in [0.2, 0.25) is 0 Å². The van der Waals surface area contributed by atoms with E-state index in [-0.39, 0.29) is 159 Å². The molecule has 2 saturated heterocycles. The number of hydrogen-bond donors (Lipinski definition) is 7. The fourth-order valence-electron chi connectivity index (χ4n) is 9.57. The Morgan fingerprint density at radius 3 is 1.80 bits per heavy atom. The molecule has 0 spiro atoms. The van der Waals surface area contributed by atoms with Gasteiger partial charge in [0.15, 0.2) is 0 Å². The molecule has 5 rings (SSSR count). The smallest absolute Gasteiger partial charge is 0.416 e. The maximum atomic E-state index is 16.2. The Balaban J connectivity index is 1.15. The fraction of sp³-hybridized carbons (Fsp3) is 0.528. The molecule has 80 heavy (non-hydrogen) atoms. The van der Waals surface area contributed by atoms with Crippen LogP contribution in [0.25, 0.3) is 11.3 Å². The summed E-state index contributed by atoms with van der Waals surface area (Å²) in [6.45, 7) is 2.95. The number of anilines is 1. The highest BCUT2D eigenvalue weighted by Gasteiger charge is 2.44. The van der Waals surface area contributed by atoms with Gasteiger partial charge in [0.25, 0.3) is 0 Å². The molecule has 436 valence electrons. The number of piperidine rings is 1. The van der Waals surface area contributed by atoms with Gasteiger partial charge in [-0.25, -0.2) is 9.18 Å². The van der Waals surface area contributed by atoms with Crippen LogP contribution in [0, 0.1) is 17.1 Å². The van der Waals surface area contributed by atoms with Crippen molar-refractivity contribution < 1.29 is 76.3 Å². The summed E-state index contributed by atoms with van der Waals surface area (Å²) in [6, 6.07) is 11.3. The number of hydrogen-bond acceptors (Lipinski definition) is 16. The first-order chi connectivity index (χ1) is 38.0. The zero-order valence-electron chi connectivity index (χ0n) is 44.7. The van der Waals surface area contributed by atoms with Gasteiger partial charge in [-0.1, -0.05) is 12.1 Å². The number of amides is 3. The average molecular weight is 1130 g/mol. The molecule has 2 aliphatic rings. The van der Waals surface area contributed by atoms with Gasteiger partial charge in [0, 0.05) is 110 Å². The normalized spacial score (nSPS) is 16.6. The summed E-state index contributed by atoms with van der Waals surface area (Å²) >= 11 is 0. The summed E-state index contributed by atoms with van der Waals surface area (Å²) in [5.41, 5.74) is -1.57.